The molecule has 2 aromatic rings. The molecule has 31 heavy (non-hydrogen) atoms. The minimum atomic E-state index is -3.62. The summed E-state index contributed by atoms with van der Waals surface area (Å²) >= 11 is 0. The summed E-state index contributed by atoms with van der Waals surface area (Å²) in [6.07, 6.45) is 0. The number of hydrogen-bond donors (Lipinski definition) is 1. The van der Waals surface area contributed by atoms with Gasteiger partial charge in [0.2, 0.25) is 10.0 Å². The van der Waals surface area contributed by atoms with E-state index >= 15 is 0 Å². The van der Waals surface area contributed by atoms with Gasteiger partial charge in [-0.05, 0) is 45.0 Å². The molecule has 0 radical (unpaired) electrons. The van der Waals surface area contributed by atoms with Gasteiger partial charge in [0.05, 0.1) is 40.8 Å². The van der Waals surface area contributed by atoms with Crippen LogP contribution in [0.5, 0.6) is 0 Å². The number of morpholine rings is 1. The van der Waals surface area contributed by atoms with E-state index in [0.29, 0.717) is 49.2 Å². The van der Waals surface area contributed by atoms with Crippen LogP contribution in [0, 0.1) is 0 Å². The molecular weight excluding hydrogens is 440 g/mol. The zero-order valence-electron chi connectivity index (χ0n) is 17.8. The van der Waals surface area contributed by atoms with Crippen LogP contribution < -0.4 is 5.32 Å². The van der Waals surface area contributed by atoms with Crippen LogP contribution in [0.15, 0.2) is 29.2 Å². The third-order valence-electron chi connectivity index (χ3n) is 5.26. The number of hydrogen-bond acceptors (Lipinski definition) is 6. The number of anilines is 1. The van der Waals surface area contributed by atoms with E-state index in [1.165, 1.54) is 28.6 Å². The summed E-state index contributed by atoms with van der Waals surface area (Å²) in [5.74, 6) is 0.914. The molecule has 1 unspecified atom stereocenters. The molecule has 1 amide bonds. The minimum Gasteiger partial charge on any atom is -0.379 e. The number of rotatable bonds is 4. The monoisotopic (exact) mass is 466 g/mol. The number of benzene rings is 1. The summed E-state index contributed by atoms with van der Waals surface area (Å²) in [4.78, 5) is 13.1. The zero-order chi connectivity index (χ0) is 22.4. The van der Waals surface area contributed by atoms with E-state index in [1.807, 2.05) is 20.8 Å². The van der Waals surface area contributed by atoms with Crippen LogP contribution in [-0.4, -0.2) is 58.9 Å². The van der Waals surface area contributed by atoms with E-state index in [-0.39, 0.29) is 16.3 Å². The first kappa shape index (κ1) is 22.1. The van der Waals surface area contributed by atoms with Gasteiger partial charge in [0.25, 0.3) is 5.91 Å². The highest BCUT2D eigenvalue weighted by molar-refractivity contribution is 7.89. The molecule has 2 aliphatic heterocycles. The van der Waals surface area contributed by atoms with Crippen LogP contribution in [0.3, 0.4) is 0 Å². The van der Waals surface area contributed by atoms with Gasteiger partial charge in [0.1, 0.15) is 5.82 Å². The van der Waals surface area contributed by atoms with E-state index in [1.54, 1.807) is 4.68 Å². The Morgan fingerprint density at radius 1 is 1.13 bits per heavy atom. The Morgan fingerprint density at radius 3 is 2.39 bits per heavy atom. The van der Waals surface area contributed by atoms with Crippen LogP contribution in [-0.2, 0) is 42.6 Å². The van der Waals surface area contributed by atoms with E-state index in [4.69, 9.17) is 4.74 Å². The number of nitrogens with one attached hydrogen (secondary N) is 1. The Balaban J connectivity index is 1.57. The van der Waals surface area contributed by atoms with Crippen molar-refractivity contribution in [3.63, 3.8) is 0 Å². The topological polar surface area (TPSA) is 111 Å². The molecule has 1 fully saturated rings. The Morgan fingerprint density at radius 2 is 1.77 bits per heavy atom. The minimum absolute atomic E-state index is 0.141. The molecule has 0 saturated carbocycles. The first-order chi connectivity index (χ1) is 14.6. The second-order valence-corrected chi connectivity index (χ2v) is 12.0. The van der Waals surface area contributed by atoms with Crippen molar-refractivity contribution in [3.8, 4) is 0 Å². The van der Waals surface area contributed by atoms with Gasteiger partial charge in [-0.2, -0.15) is 9.40 Å². The lowest BCUT2D eigenvalue weighted by Gasteiger charge is -2.26. The first-order valence-corrected chi connectivity index (χ1v) is 13.0. The van der Waals surface area contributed by atoms with Gasteiger partial charge in [0.15, 0.2) is 0 Å². The highest BCUT2D eigenvalue weighted by atomic mass is 32.2. The normalized spacial score (nSPS) is 19.9. The number of nitrogens with zero attached hydrogens (tertiary/aromatic N) is 3. The van der Waals surface area contributed by atoms with Crippen molar-refractivity contribution in [1.29, 1.82) is 0 Å². The molecule has 0 aliphatic carbocycles. The predicted octanol–water partition coefficient (Wildman–Crippen LogP) is 1.67. The molecular formula is C20H26N4O5S2. The number of amides is 1. The summed E-state index contributed by atoms with van der Waals surface area (Å²) in [5, 5.41) is 7.48. The lowest BCUT2D eigenvalue weighted by Crippen LogP contribution is -2.40. The Kier molecular flexibility index (Phi) is 5.80. The number of ether oxygens (including phenoxy) is 1. The molecule has 0 bridgehead atoms. The fourth-order valence-electron chi connectivity index (χ4n) is 3.64. The summed E-state index contributed by atoms with van der Waals surface area (Å²) < 4.78 is 45.9. The molecule has 1 atom stereocenters. The van der Waals surface area contributed by atoms with Crippen molar-refractivity contribution in [2.75, 3.05) is 31.6 Å². The van der Waals surface area contributed by atoms with Crippen molar-refractivity contribution < 1.29 is 22.2 Å². The van der Waals surface area contributed by atoms with Crippen LogP contribution in [0.2, 0.25) is 0 Å². The number of aromatic nitrogens is 2. The third-order valence-corrected chi connectivity index (χ3v) is 8.38. The number of carbonyl (C=O) groups excluding carboxylic acids is 1. The van der Waals surface area contributed by atoms with Gasteiger partial charge in [-0.1, -0.05) is 0 Å². The van der Waals surface area contributed by atoms with Gasteiger partial charge >= 0.3 is 0 Å². The maximum absolute atomic E-state index is 12.9. The maximum Gasteiger partial charge on any atom is 0.256 e. The van der Waals surface area contributed by atoms with Crippen LogP contribution in [0.1, 0.15) is 42.4 Å². The Labute approximate surface area is 184 Å². The highest BCUT2D eigenvalue weighted by Crippen LogP contribution is 2.33. The van der Waals surface area contributed by atoms with E-state index in [2.05, 4.69) is 10.4 Å². The average Bonchev–Trinajstić information content (AvgIpc) is 3.25. The largest absolute Gasteiger partial charge is 0.379 e. The first-order valence-electron chi connectivity index (χ1n) is 10.0. The third kappa shape index (κ3) is 4.32. The smallest absolute Gasteiger partial charge is 0.256 e. The van der Waals surface area contributed by atoms with Crippen molar-refractivity contribution >= 4 is 32.5 Å². The van der Waals surface area contributed by atoms with E-state index in [0.717, 1.165) is 11.3 Å². The van der Waals surface area contributed by atoms with Gasteiger partial charge in [-0.3, -0.25) is 9.00 Å². The van der Waals surface area contributed by atoms with Crippen LogP contribution in [0.4, 0.5) is 5.82 Å². The molecule has 1 saturated heterocycles. The summed E-state index contributed by atoms with van der Waals surface area (Å²) in [6, 6.07) is 5.89. The highest BCUT2D eigenvalue weighted by Gasteiger charge is 2.32. The molecule has 1 aromatic heterocycles. The summed E-state index contributed by atoms with van der Waals surface area (Å²) in [7, 11) is -4.64. The van der Waals surface area contributed by atoms with Crippen molar-refractivity contribution in [2.24, 2.45) is 0 Å². The average molecular weight is 467 g/mol. The molecule has 2 aliphatic rings. The fraction of sp³-hybridized carbons (Fsp3) is 0.500. The quantitative estimate of drug-likeness (QED) is 0.734. The Hall–Kier alpha value is -2.08. The zero-order valence-corrected chi connectivity index (χ0v) is 19.4. The van der Waals surface area contributed by atoms with Crippen molar-refractivity contribution in [2.45, 2.75) is 42.7 Å². The van der Waals surface area contributed by atoms with Gasteiger partial charge in [0, 0.05) is 35.0 Å². The van der Waals surface area contributed by atoms with Crippen molar-refractivity contribution in [3.05, 3.63) is 41.1 Å². The lowest BCUT2D eigenvalue weighted by molar-refractivity contribution is 0.0730. The molecule has 11 heteroatoms. The summed E-state index contributed by atoms with van der Waals surface area (Å²) in [6.45, 7) is 7.31. The number of carbonyl (C=O) groups is 1. The van der Waals surface area contributed by atoms with Crippen LogP contribution in [0.25, 0.3) is 0 Å². The second-order valence-electron chi connectivity index (χ2n) is 8.58. The van der Waals surface area contributed by atoms with E-state index in [9.17, 15) is 17.4 Å². The van der Waals surface area contributed by atoms with Gasteiger partial charge < -0.3 is 10.1 Å². The van der Waals surface area contributed by atoms with Crippen LogP contribution >= 0.6 is 0 Å². The lowest BCUT2D eigenvalue weighted by atomic mass is 10.1. The fourth-order valence-corrected chi connectivity index (χ4v) is 6.31. The number of fused-ring (bicyclic) bond motifs is 1. The molecule has 1 N–H and O–H groups in total. The predicted molar refractivity (Wildman–Crippen MR) is 117 cm³/mol. The molecule has 0 spiro atoms. The molecule has 1 aromatic carbocycles. The SMILES string of the molecule is CC(C)(C)n1nc2c(c1NC(=O)c1ccc(S(=O)(=O)N3CCOCC3)cc1)CS(=O)C2. The molecule has 9 nitrogen and oxygen atoms in total. The standard InChI is InChI=1S/C20H26N4O5S2/c1-20(2,3)24-18(16-12-30(26)13-17(16)22-24)21-19(25)14-4-6-15(7-5-14)31(27,28)23-8-10-29-11-9-23/h4-7H,8-13H2,1-3H3,(H,21,25). The Bertz CT molecular complexity index is 1130. The molecule has 168 valence electrons. The second kappa shape index (κ2) is 8.12. The van der Waals surface area contributed by atoms with Gasteiger partial charge in [-0.25, -0.2) is 13.1 Å². The maximum atomic E-state index is 12.9. The molecule has 3 heterocycles. The number of sulfonamides is 1. The van der Waals surface area contributed by atoms with E-state index < -0.39 is 20.8 Å². The summed E-state index contributed by atoms with van der Waals surface area (Å²) in [5.41, 5.74) is 1.50. The van der Waals surface area contributed by atoms with Gasteiger partial charge in [-0.15, -0.1) is 0 Å². The molecule has 4 rings (SSSR count). The van der Waals surface area contributed by atoms with Crippen molar-refractivity contribution in [1.82, 2.24) is 14.1 Å².